The van der Waals surface area contributed by atoms with Crippen LogP contribution in [-0.4, -0.2) is 9.13 Å². The molecule has 0 spiro atoms. The molecular formula is C38H22N4. The van der Waals surface area contributed by atoms with E-state index >= 15 is 0 Å². The maximum Gasteiger partial charge on any atom is 0.101 e. The second-order valence-electron chi connectivity index (χ2n) is 10.4. The molecule has 0 saturated heterocycles. The van der Waals surface area contributed by atoms with E-state index in [0.29, 0.717) is 11.1 Å². The van der Waals surface area contributed by atoms with Crippen LogP contribution in [-0.2, 0) is 0 Å². The van der Waals surface area contributed by atoms with E-state index in [9.17, 15) is 10.5 Å². The van der Waals surface area contributed by atoms with Crippen molar-refractivity contribution in [2.75, 3.05) is 0 Å². The molecule has 0 radical (unpaired) electrons. The number of nitrogens with zero attached hydrogens (tertiary/aromatic N) is 4. The minimum atomic E-state index is 0.546. The van der Waals surface area contributed by atoms with Crippen molar-refractivity contribution in [2.45, 2.75) is 0 Å². The smallest absolute Gasteiger partial charge is 0.101 e. The van der Waals surface area contributed by atoms with Gasteiger partial charge >= 0.3 is 0 Å². The monoisotopic (exact) mass is 534 g/mol. The largest absolute Gasteiger partial charge is 0.309 e. The van der Waals surface area contributed by atoms with E-state index in [-0.39, 0.29) is 0 Å². The molecule has 0 fully saturated rings. The highest BCUT2D eigenvalue weighted by molar-refractivity contribution is 6.11. The molecule has 6 aromatic carbocycles. The van der Waals surface area contributed by atoms with Crippen LogP contribution in [0.2, 0.25) is 0 Å². The first-order chi connectivity index (χ1) is 20.8. The summed E-state index contributed by atoms with van der Waals surface area (Å²) in [5.41, 5.74) is 8.67. The predicted molar refractivity (Wildman–Crippen MR) is 170 cm³/mol. The highest BCUT2D eigenvalue weighted by Crippen LogP contribution is 2.40. The van der Waals surface area contributed by atoms with Crippen LogP contribution in [0, 0.1) is 22.7 Å². The van der Waals surface area contributed by atoms with Gasteiger partial charge < -0.3 is 9.13 Å². The maximum absolute atomic E-state index is 10.4. The van der Waals surface area contributed by atoms with Gasteiger partial charge in [-0.3, -0.25) is 0 Å². The first-order valence-corrected chi connectivity index (χ1v) is 13.8. The molecule has 2 heterocycles. The zero-order valence-corrected chi connectivity index (χ0v) is 22.5. The van der Waals surface area contributed by atoms with Gasteiger partial charge in [-0.2, -0.15) is 10.5 Å². The van der Waals surface area contributed by atoms with E-state index in [1.54, 1.807) is 0 Å². The van der Waals surface area contributed by atoms with Gasteiger partial charge in [0.25, 0.3) is 0 Å². The van der Waals surface area contributed by atoms with E-state index in [1.807, 2.05) is 54.6 Å². The fourth-order valence-electron chi connectivity index (χ4n) is 6.45. The Morgan fingerprint density at radius 1 is 0.405 bits per heavy atom. The minimum Gasteiger partial charge on any atom is -0.309 e. The summed E-state index contributed by atoms with van der Waals surface area (Å²) in [4.78, 5) is 0. The number of para-hydroxylation sites is 5. The van der Waals surface area contributed by atoms with Gasteiger partial charge in [-0.15, -0.1) is 0 Å². The number of nitriles is 2. The Morgan fingerprint density at radius 3 is 1.38 bits per heavy atom. The number of hydrogen-bond donors (Lipinski definition) is 0. The molecule has 4 nitrogen and oxygen atoms in total. The fourth-order valence-corrected chi connectivity index (χ4v) is 6.45. The molecule has 8 rings (SSSR count). The average Bonchev–Trinajstić information content (AvgIpc) is 3.57. The number of benzene rings is 6. The molecular weight excluding hydrogens is 512 g/mol. The zero-order chi connectivity index (χ0) is 28.2. The van der Waals surface area contributed by atoms with Gasteiger partial charge in [0, 0.05) is 38.4 Å². The third-order valence-electron chi connectivity index (χ3n) is 8.21. The van der Waals surface area contributed by atoms with Gasteiger partial charge in [-0.25, -0.2) is 0 Å². The van der Waals surface area contributed by atoms with Crippen LogP contribution in [0.15, 0.2) is 133 Å². The summed E-state index contributed by atoms with van der Waals surface area (Å²) in [6.07, 6.45) is 0. The van der Waals surface area contributed by atoms with Gasteiger partial charge in [-0.05, 0) is 48.5 Å². The van der Waals surface area contributed by atoms with Crippen molar-refractivity contribution in [2.24, 2.45) is 0 Å². The topological polar surface area (TPSA) is 57.4 Å². The van der Waals surface area contributed by atoms with Crippen LogP contribution in [0.3, 0.4) is 0 Å². The van der Waals surface area contributed by atoms with Crippen molar-refractivity contribution in [3.05, 3.63) is 145 Å². The lowest BCUT2D eigenvalue weighted by Crippen LogP contribution is -2.02. The van der Waals surface area contributed by atoms with Gasteiger partial charge in [0.15, 0.2) is 0 Å². The molecule has 0 saturated carbocycles. The molecule has 8 aromatic rings. The molecule has 0 aliphatic carbocycles. The molecule has 0 unspecified atom stereocenters. The summed E-state index contributed by atoms with van der Waals surface area (Å²) < 4.78 is 4.43. The summed E-state index contributed by atoms with van der Waals surface area (Å²) in [5.74, 6) is 0. The Balaban J connectivity index is 1.47. The Labute approximate surface area is 242 Å². The Morgan fingerprint density at radius 2 is 0.881 bits per heavy atom. The van der Waals surface area contributed by atoms with Gasteiger partial charge in [0.05, 0.1) is 45.0 Å². The van der Waals surface area contributed by atoms with Crippen LogP contribution in [0.1, 0.15) is 11.1 Å². The van der Waals surface area contributed by atoms with Gasteiger partial charge in [-0.1, -0.05) is 84.9 Å². The highest BCUT2D eigenvalue weighted by atomic mass is 15.0. The third-order valence-corrected chi connectivity index (χ3v) is 8.21. The van der Waals surface area contributed by atoms with Crippen molar-refractivity contribution in [3.63, 3.8) is 0 Å². The Kier molecular flexibility index (Phi) is 5.22. The third kappa shape index (κ3) is 3.33. The van der Waals surface area contributed by atoms with Gasteiger partial charge in [0.1, 0.15) is 6.07 Å². The van der Waals surface area contributed by atoms with Gasteiger partial charge in [0.2, 0.25) is 0 Å². The lowest BCUT2D eigenvalue weighted by molar-refractivity contribution is 1.16. The lowest BCUT2D eigenvalue weighted by Gasteiger charge is -2.18. The second kappa shape index (κ2) is 9.24. The number of fused-ring (bicyclic) bond motifs is 6. The molecule has 0 aliphatic rings. The first kappa shape index (κ1) is 23.8. The predicted octanol–water partition coefficient (Wildman–Crippen LogP) is 9.29. The van der Waals surface area contributed by atoms with Crippen molar-refractivity contribution >= 4 is 43.6 Å². The number of aromatic nitrogens is 2. The van der Waals surface area contributed by atoms with Crippen molar-refractivity contribution in [1.82, 2.24) is 9.13 Å². The lowest BCUT2D eigenvalue weighted by atomic mass is 9.95. The molecule has 0 amide bonds. The normalized spacial score (nSPS) is 11.3. The van der Waals surface area contributed by atoms with E-state index in [2.05, 4.69) is 100 Å². The van der Waals surface area contributed by atoms with Crippen molar-refractivity contribution in [1.29, 1.82) is 10.5 Å². The van der Waals surface area contributed by atoms with E-state index in [0.717, 1.165) is 55.3 Å². The van der Waals surface area contributed by atoms with E-state index < -0.39 is 0 Å². The van der Waals surface area contributed by atoms with E-state index in [4.69, 9.17) is 0 Å². The fraction of sp³-hybridized carbons (Fsp3) is 0. The number of hydrogen-bond acceptors (Lipinski definition) is 2. The SMILES string of the molecule is N#Cc1ccc(-n2c3ccccc3c3ccccc32)cc1-c1cccc(C#N)c1-n1c2ccccc2c2ccccc21. The molecule has 194 valence electrons. The quantitative estimate of drug-likeness (QED) is 0.227. The van der Waals surface area contributed by atoms with Crippen LogP contribution >= 0.6 is 0 Å². The summed E-state index contributed by atoms with van der Waals surface area (Å²) in [6.45, 7) is 0. The van der Waals surface area contributed by atoms with Crippen LogP contribution in [0.25, 0.3) is 66.1 Å². The summed E-state index contributed by atoms with van der Waals surface area (Å²) >= 11 is 0. The summed E-state index contributed by atoms with van der Waals surface area (Å²) in [5, 5.41) is 25.3. The molecule has 0 N–H and O–H groups in total. The molecule has 0 bridgehead atoms. The van der Waals surface area contributed by atoms with Crippen LogP contribution < -0.4 is 0 Å². The summed E-state index contributed by atoms with van der Waals surface area (Å²) in [7, 11) is 0. The maximum atomic E-state index is 10.4. The second-order valence-corrected chi connectivity index (χ2v) is 10.4. The number of rotatable bonds is 3. The Bertz CT molecular complexity index is 2340. The molecule has 0 aliphatic heterocycles. The van der Waals surface area contributed by atoms with Crippen molar-refractivity contribution in [3.8, 4) is 34.6 Å². The minimum absolute atomic E-state index is 0.546. The van der Waals surface area contributed by atoms with Crippen LogP contribution in [0.5, 0.6) is 0 Å². The molecule has 2 aromatic heterocycles. The first-order valence-electron chi connectivity index (χ1n) is 13.8. The molecule has 42 heavy (non-hydrogen) atoms. The van der Waals surface area contributed by atoms with Crippen molar-refractivity contribution < 1.29 is 0 Å². The highest BCUT2D eigenvalue weighted by Gasteiger charge is 2.21. The Hall–Kier alpha value is -6.10. The standard InChI is InChI=1S/C38H22N4/c39-23-25-20-21-27(41-34-16-5-1-11-28(34)29-12-2-6-17-35(29)41)22-33(25)32-15-9-10-26(24-40)38(32)42-36-18-7-3-13-30(36)31-14-4-8-19-37(31)42/h1-22H. The zero-order valence-electron chi connectivity index (χ0n) is 22.5. The molecule has 4 heteroatoms. The molecule has 0 atom stereocenters. The van der Waals surface area contributed by atoms with Crippen LogP contribution in [0.4, 0.5) is 0 Å². The average molecular weight is 535 g/mol. The van der Waals surface area contributed by atoms with E-state index in [1.165, 1.54) is 10.8 Å². The summed E-state index contributed by atoms with van der Waals surface area (Å²) in [6, 6.07) is 50.0.